The van der Waals surface area contributed by atoms with Gasteiger partial charge in [0.1, 0.15) is 0 Å². The Kier molecular flexibility index (Phi) is 6.64. The van der Waals surface area contributed by atoms with Crippen molar-refractivity contribution in [2.24, 2.45) is 0 Å². The van der Waals surface area contributed by atoms with Gasteiger partial charge in [0.15, 0.2) is 0 Å². The minimum absolute atomic E-state index is 0.139. The molecule has 0 bridgehead atoms. The monoisotopic (exact) mass is 332 g/mol. The third kappa shape index (κ3) is 4.98. The number of likely N-dealkylation sites (N-methyl/N-ethyl adjacent to an activating group) is 1. The van der Waals surface area contributed by atoms with E-state index in [1.165, 1.54) is 24.0 Å². The van der Waals surface area contributed by atoms with Crippen molar-refractivity contribution < 1.29 is 13.2 Å². The van der Waals surface area contributed by atoms with Gasteiger partial charge in [-0.15, -0.1) is 11.6 Å². The van der Waals surface area contributed by atoms with Gasteiger partial charge >= 0.3 is 0 Å². The van der Waals surface area contributed by atoms with Gasteiger partial charge in [0.25, 0.3) is 0 Å². The highest BCUT2D eigenvalue weighted by Crippen LogP contribution is 2.12. The van der Waals surface area contributed by atoms with Crippen LogP contribution in [0.4, 0.5) is 0 Å². The van der Waals surface area contributed by atoms with Gasteiger partial charge in [-0.25, -0.2) is 8.42 Å². The van der Waals surface area contributed by atoms with Crippen LogP contribution >= 0.6 is 11.6 Å². The largest absolute Gasteiger partial charge is 0.345 e. The Hall–Kier alpha value is -1.11. The highest BCUT2D eigenvalue weighted by molar-refractivity contribution is 7.89. The van der Waals surface area contributed by atoms with Gasteiger partial charge in [-0.3, -0.25) is 4.79 Å². The Labute approximate surface area is 131 Å². The zero-order chi connectivity index (χ0) is 16.0. The quantitative estimate of drug-likeness (QED) is 0.771. The predicted molar refractivity (Wildman–Crippen MR) is 84.0 cm³/mol. The Morgan fingerprint density at radius 1 is 1.33 bits per heavy atom. The van der Waals surface area contributed by atoms with Crippen LogP contribution in [-0.4, -0.2) is 44.7 Å². The van der Waals surface area contributed by atoms with Crippen molar-refractivity contribution in [2.75, 3.05) is 19.5 Å². The average Bonchev–Trinajstić information content (AvgIpc) is 2.46. The van der Waals surface area contributed by atoms with Crippen LogP contribution < -0.4 is 4.72 Å². The van der Waals surface area contributed by atoms with Crippen LogP contribution in [0.2, 0.25) is 0 Å². The number of hydrogen-bond acceptors (Lipinski definition) is 3. The lowest BCUT2D eigenvalue weighted by Gasteiger charge is -2.20. The first kappa shape index (κ1) is 17.9. The number of sulfonamides is 1. The van der Waals surface area contributed by atoms with E-state index in [9.17, 15) is 13.2 Å². The van der Waals surface area contributed by atoms with Crippen LogP contribution in [0.1, 0.15) is 19.4 Å². The van der Waals surface area contributed by atoms with Gasteiger partial charge in [-0.05, 0) is 38.0 Å². The molecule has 1 N–H and O–H groups in total. The number of aryl methyl sites for hydroxylation is 1. The lowest BCUT2D eigenvalue weighted by atomic mass is 10.2. The molecule has 1 unspecified atom stereocenters. The molecule has 0 saturated heterocycles. The average molecular weight is 333 g/mol. The topological polar surface area (TPSA) is 66.5 Å². The highest BCUT2D eigenvalue weighted by atomic mass is 35.5. The fourth-order valence-electron chi connectivity index (χ4n) is 1.78. The van der Waals surface area contributed by atoms with Gasteiger partial charge in [0.2, 0.25) is 15.9 Å². The normalized spacial score (nSPS) is 13.0. The minimum atomic E-state index is -3.71. The molecule has 0 fully saturated rings. The van der Waals surface area contributed by atoms with Crippen molar-refractivity contribution in [1.29, 1.82) is 0 Å². The SMILES string of the molecule is CCN(C)C(=O)C(C)NS(=O)(=O)c1ccc(CCCl)cc1. The van der Waals surface area contributed by atoms with Crippen LogP contribution in [0.5, 0.6) is 0 Å². The van der Waals surface area contributed by atoms with E-state index in [0.29, 0.717) is 18.8 Å². The van der Waals surface area contributed by atoms with Gasteiger partial charge in [0.05, 0.1) is 10.9 Å². The first-order chi connectivity index (χ1) is 9.81. The molecule has 0 spiro atoms. The zero-order valence-corrected chi connectivity index (χ0v) is 14.0. The highest BCUT2D eigenvalue weighted by Gasteiger charge is 2.23. The Morgan fingerprint density at radius 3 is 2.38 bits per heavy atom. The van der Waals surface area contributed by atoms with Crippen LogP contribution in [-0.2, 0) is 21.2 Å². The molecule has 5 nitrogen and oxygen atoms in total. The molecule has 1 atom stereocenters. The summed E-state index contributed by atoms with van der Waals surface area (Å²) in [7, 11) is -2.08. The van der Waals surface area contributed by atoms with Crippen LogP contribution in [0, 0.1) is 0 Å². The van der Waals surface area contributed by atoms with Gasteiger partial charge in [0, 0.05) is 19.5 Å². The van der Waals surface area contributed by atoms with E-state index in [0.717, 1.165) is 5.56 Å². The van der Waals surface area contributed by atoms with E-state index in [4.69, 9.17) is 11.6 Å². The molecule has 0 aliphatic heterocycles. The van der Waals surface area contributed by atoms with Gasteiger partial charge in [-0.1, -0.05) is 12.1 Å². The molecular formula is C14H21ClN2O3S. The van der Waals surface area contributed by atoms with E-state index >= 15 is 0 Å². The van der Waals surface area contributed by atoms with Crippen molar-refractivity contribution >= 4 is 27.5 Å². The number of carbonyl (C=O) groups is 1. The summed E-state index contributed by atoms with van der Waals surface area (Å²) < 4.78 is 26.8. The van der Waals surface area contributed by atoms with E-state index in [-0.39, 0.29) is 10.8 Å². The van der Waals surface area contributed by atoms with Crippen LogP contribution in [0.25, 0.3) is 0 Å². The second-order valence-corrected chi connectivity index (χ2v) is 6.87. The molecular weight excluding hydrogens is 312 g/mol. The molecule has 0 aliphatic carbocycles. The summed E-state index contributed by atoms with van der Waals surface area (Å²) in [6.07, 6.45) is 0.686. The van der Waals surface area contributed by atoms with Crippen LogP contribution in [0.15, 0.2) is 29.2 Å². The third-order valence-corrected chi connectivity index (χ3v) is 4.92. The van der Waals surface area contributed by atoms with Crippen molar-refractivity contribution in [3.05, 3.63) is 29.8 Å². The van der Waals surface area contributed by atoms with E-state index in [1.807, 2.05) is 6.92 Å². The Morgan fingerprint density at radius 2 is 1.90 bits per heavy atom. The van der Waals surface area contributed by atoms with E-state index in [2.05, 4.69) is 4.72 Å². The molecule has 118 valence electrons. The summed E-state index contributed by atoms with van der Waals surface area (Å²) in [4.78, 5) is 13.5. The number of benzene rings is 1. The molecule has 0 saturated carbocycles. The van der Waals surface area contributed by atoms with Gasteiger partial charge < -0.3 is 4.90 Å². The minimum Gasteiger partial charge on any atom is -0.345 e. The Balaban J connectivity index is 2.83. The lowest BCUT2D eigenvalue weighted by molar-refractivity contribution is -0.131. The third-order valence-electron chi connectivity index (χ3n) is 3.17. The van der Waals surface area contributed by atoms with Crippen molar-refractivity contribution in [1.82, 2.24) is 9.62 Å². The Bertz CT molecular complexity index is 572. The first-order valence-electron chi connectivity index (χ1n) is 6.74. The number of amides is 1. The lowest BCUT2D eigenvalue weighted by Crippen LogP contribution is -2.45. The molecule has 0 radical (unpaired) electrons. The molecule has 1 aromatic carbocycles. The maximum absolute atomic E-state index is 12.2. The standard InChI is InChI=1S/C14H21ClN2O3S/c1-4-17(3)14(18)11(2)16-21(19,20)13-7-5-12(6-8-13)9-10-15/h5-8,11,16H,4,9-10H2,1-3H3. The number of halogens is 1. The van der Waals surface area contributed by atoms with E-state index in [1.54, 1.807) is 19.2 Å². The summed E-state index contributed by atoms with van der Waals surface area (Å²) in [6.45, 7) is 3.89. The molecule has 1 amide bonds. The molecule has 0 aromatic heterocycles. The zero-order valence-electron chi connectivity index (χ0n) is 12.5. The molecule has 0 aliphatic rings. The molecule has 7 heteroatoms. The van der Waals surface area contributed by atoms with Crippen molar-refractivity contribution in [2.45, 2.75) is 31.2 Å². The summed E-state index contributed by atoms with van der Waals surface area (Å²) in [5, 5.41) is 0. The summed E-state index contributed by atoms with van der Waals surface area (Å²) in [6, 6.07) is 5.68. The predicted octanol–water partition coefficient (Wildman–Crippen LogP) is 1.61. The maximum atomic E-state index is 12.2. The summed E-state index contributed by atoms with van der Waals surface area (Å²) in [5.74, 6) is 0.221. The van der Waals surface area contributed by atoms with Gasteiger partial charge in [-0.2, -0.15) is 4.72 Å². The second-order valence-electron chi connectivity index (χ2n) is 4.78. The van der Waals surface area contributed by atoms with Crippen molar-refractivity contribution in [3.63, 3.8) is 0 Å². The smallest absolute Gasteiger partial charge is 0.241 e. The molecule has 0 heterocycles. The van der Waals surface area contributed by atoms with E-state index < -0.39 is 16.1 Å². The number of alkyl halides is 1. The van der Waals surface area contributed by atoms with Crippen LogP contribution in [0.3, 0.4) is 0 Å². The fourth-order valence-corrected chi connectivity index (χ4v) is 3.20. The molecule has 1 rings (SSSR count). The summed E-state index contributed by atoms with van der Waals surface area (Å²) >= 11 is 5.64. The molecule has 21 heavy (non-hydrogen) atoms. The number of hydrogen-bond donors (Lipinski definition) is 1. The number of nitrogens with one attached hydrogen (secondary N) is 1. The number of carbonyl (C=O) groups excluding carboxylic acids is 1. The van der Waals surface area contributed by atoms with Crippen molar-refractivity contribution in [3.8, 4) is 0 Å². The number of rotatable bonds is 7. The molecule has 1 aromatic rings. The maximum Gasteiger partial charge on any atom is 0.241 e. The number of nitrogens with zero attached hydrogens (tertiary/aromatic N) is 1. The fraction of sp³-hybridized carbons (Fsp3) is 0.500. The second kappa shape index (κ2) is 7.77. The summed E-state index contributed by atoms with van der Waals surface area (Å²) in [5.41, 5.74) is 0.971. The first-order valence-corrected chi connectivity index (χ1v) is 8.75.